The van der Waals surface area contributed by atoms with Crippen molar-refractivity contribution in [3.8, 4) is 17.6 Å². The van der Waals surface area contributed by atoms with Crippen molar-refractivity contribution in [2.75, 3.05) is 6.79 Å². The van der Waals surface area contributed by atoms with E-state index < -0.39 is 0 Å². The van der Waals surface area contributed by atoms with Crippen LogP contribution in [0.15, 0.2) is 12.1 Å². The maximum Gasteiger partial charge on any atom is 0.231 e. The first-order chi connectivity index (χ1) is 8.00. The van der Waals surface area contributed by atoms with Crippen molar-refractivity contribution < 1.29 is 9.47 Å². The van der Waals surface area contributed by atoms with E-state index in [-0.39, 0.29) is 17.6 Å². The Balaban J connectivity index is 2.14. The highest BCUT2D eigenvalue weighted by Gasteiger charge is 2.63. The Labute approximate surface area is 101 Å². The fourth-order valence-electron chi connectivity index (χ4n) is 2.83. The second kappa shape index (κ2) is 2.95. The first-order valence-corrected chi connectivity index (χ1v) is 5.82. The molecule has 1 saturated carbocycles. The topological polar surface area (TPSA) is 42.2 Å². The molecule has 2 aliphatic rings. The molecule has 3 heteroatoms. The van der Waals surface area contributed by atoms with Gasteiger partial charge in [0.05, 0.1) is 11.5 Å². The minimum Gasteiger partial charge on any atom is -0.454 e. The first kappa shape index (κ1) is 10.5. The third-order valence-corrected chi connectivity index (χ3v) is 4.11. The Hall–Kier alpha value is -1.69. The van der Waals surface area contributed by atoms with Gasteiger partial charge < -0.3 is 9.47 Å². The lowest BCUT2D eigenvalue weighted by molar-refractivity contribution is 0.174. The summed E-state index contributed by atoms with van der Waals surface area (Å²) in [6.45, 7) is 6.59. The molecular weight excluding hydrogens is 214 g/mol. The third-order valence-electron chi connectivity index (χ3n) is 4.11. The molecule has 1 aliphatic carbocycles. The summed E-state index contributed by atoms with van der Waals surface area (Å²) in [7, 11) is 0. The van der Waals surface area contributed by atoms with Crippen LogP contribution in [-0.4, -0.2) is 6.79 Å². The van der Waals surface area contributed by atoms with Gasteiger partial charge in [-0.1, -0.05) is 13.8 Å². The van der Waals surface area contributed by atoms with E-state index in [0.717, 1.165) is 29.0 Å². The summed E-state index contributed by atoms with van der Waals surface area (Å²) in [6.07, 6.45) is 0.914. The second-order valence-corrected chi connectivity index (χ2v) is 5.60. The van der Waals surface area contributed by atoms with E-state index in [1.165, 1.54) is 0 Å². The van der Waals surface area contributed by atoms with Crippen molar-refractivity contribution in [3.05, 3.63) is 23.3 Å². The van der Waals surface area contributed by atoms with Gasteiger partial charge in [-0.3, -0.25) is 0 Å². The van der Waals surface area contributed by atoms with Gasteiger partial charge in [-0.05, 0) is 42.0 Å². The monoisotopic (exact) mass is 229 g/mol. The number of aryl methyl sites for hydroxylation is 1. The Morgan fingerprint density at radius 2 is 1.82 bits per heavy atom. The highest BCUT2D eigenvalue weighted by atomic mass is 16.7. The summed E-state index contributed by atoms with van der Waals surface area (Å²) >= 11 is 0. The van der Waals surface area contributed by atoms with E-state index >= 15 is 0 Å². The molecule has 1 aromatic carbocycles. The van der Waals surface area contributed by atoms with Crippen molar-refractivity contribution in [1.82, 2.24) is 0 Å². The molecule has 0 spiro atoms. The SMILES string of the molecule is Cc1cc2c(cc1C1(C#N)CC1(C)C)OCO2. The fourth-order valence-corrected chi connectivity index (χ4v) is 2.83. The number of nitrogens with zero attached hydrogens (tertiary/aromatic N) is 1. The summed E-state index contributed by atoms with van der Waals surface area (Å²) in [5.41, 5.74) is 1.91. The lowest BCUT2D eigenvalue weighted by Gasteiger charge is -2.16. The highest BCUT2D eigenvalue weighted by molar-refractivity contribution is 5.56. The number of hydrogen-bond donors (Lipinski definition) is 0. The van der Waals surface area contributed by atoms with Gasteiger partial charge in [-0.2, -0.15) is 5.26 Å². The van der Waals surface area contributed by atoms with E-state index in [4.69, 9.17) is 9.47 Å². The van der Waals surface area contributed by atoms with E-state index in [1.54, 1.807) is 0 Å². The van der Waals surface area contributed by atoms with Crippen molar-refractivity contribution in [2.45, 2.75) is 32.6 Å². The van der Waals surface area contributed by atoms with Crippen LogP contribution in [-0.2, 0) is 5.41 Å². The van der Waals surface area contributed by atoms with Crippen LogP contribution in [0.25, 0.3) is 0 Å². The Bertz CT molecular complexity index is 542. The van der Waals surface area contributed by atoms with Crippen LogP contribution < -0.4 is 9.47 Å². The van der Waals surface area contributed by atoms with Crippen LogP contribution in [0.3, 0.4) is 0 Å². The Morgan fingerprint density at radius 1 is 1.24 bits per heavy atom. The maximum atomic E-state index is 9.50. The largest absolute Gasteiger partial charge is 0.454 e. The lowest BCUT2D eigenvalue weighted by atomic mass is 9.86. The van der Waals surface area contributed by atoms with Gasteiger partial charge in [0, 0.05) is 0 Å². The molecule has 1 atom stereocenters. The first-order valence-electron chi connectivity index (χ1n) is 5.82. The predicted octanol–water partition coefficient (Wildman–Crippen LogP) is 2.92. The smallest absolute Gasteiger partial charge is 0.231 e. The van der Waals surface area contributed by atoms with Crippen LogP contribution in [0.1, 0.15) is 31.4 Å². The molecule has 1 aliphatic heterocycles. The molecule has 1 unspecified atom stereocenters. The van der Waals surface area contributed by atoms with E-state index in [2.05, 4.69) is 19.9 Å². The molecule has 1 aromatic rings. The average molecular weight is 229 g/mol. The zero-order valence-electron chi connectivity index (χ0n) is 10.3. The van der Waals surface area contributed by atoms with Crippen molar-refractivity contribution >= 4 is 0 Å². The highest BCUT2D eigenvalue weighted by Crippen LogP contribution is 2.65. The van der Waals surface area contributed by atoms with Crippen LogP contribution in [0.2, 0.25) is 0 Å². The third kappa shape index (κ3) is 1.21. The summed E-state index contributed by atoms with van der Waals surface area (Å²) in [5, 5.41) is 9.50. The fraction of sp³-hybridized carbons (Fsp3) is 0.500. The zero-order valence-corrected chi connectivity index (χ0v) is 10.3. The summed E-state index contributed by atoms with van der Waals surface area (Å²) in [5.74, 6) is 1.56. The molecule has 0 radical (unpaired) electrons. The molecule has 17 heavy (non-hydrogen) atoms. The van der Waals surface area contributed by atoms with E-state index in [1.807, 2.05) is 19.1 Å². The molecule has 0 saturated heterocycles. The van der Waals surface area contributed by atoms with Crippen LogP contribution in [0, 0.1) is 23.7 Å². The van der Waals surface area contributed by atoms with Crippen LogP contribution in [0.4, 0.5) is 0 Å². The van der Waals surface area contributed by atoms with Gasteiger partial charge in [0.15, 0.2) is 11.5 Å². The van der Waals surface area contributed by atoms with Gasteiger partial charge in [-0.15, -0.1) is 0 Å². The molecule has 1 fully saturated rings. The molecular formula is C14H15NO2. The van der Waals surface area contributed by atoms with E-state index in [9.17, 15) is 5.26 Å². The number of benzene rings is 1. The van der Waals surface area contributed by atoms with Gasteiger partial charge in [0.2, 0.25) is 6.79 Å². The minimum absolute atomic E-state index is 0.0558. The molecule has 0 N–H and O–H groups in total. The molecule has 3 nitrogen and oxygen atoms in total. The number of nitriles is 1. The van der Waals surface area contributed by atoms with Crippen LogP contribution in [0.5, 0.6) is 11.5 Å². The van der Waals surface area contributed by atoms with Crippen molar-refractivity contribution in [1.29, 1.82) is 5.26 Å². The van der Waals surface area contributed by atoms with Gasteiger partial charge in [0.25, 0.3) is 0 Å². The molecule has 0 aromatic heterocycles. The van der Waals surface area contributed by atoms with Crippen molar-refractivity contribution in [3.63, 3.8) is 0 Å². The standard InChI is InChI=1S/C14H15NO2/c1-9-4-11-12(17-8-16-11)5-10(9)14(7-15)6-13(14,2)3/h4-5H,6,8H2,1-3H3. The summed E-state index contributed by atoms with van der Waals surface area (Å²) in [4.78, 5) is 0. The van der Waals surface area contributed by atoms with Crippen LogP contribution >= 0.6 is 0 Å². The number of fused-ring (bicyclic) bond motifs is 1. The number of ether oxygens (including phenoxy) is 2. The molecule has 0 bridgehead atoms. The van der Waals surface area contributed by atoms with E-state index in [0.29, 0.717) is 0 Å². The second-order valence-electron chi connectivity index (χ2n) is 5.60. The van der Waals surface area contributed by atoms with Gasteiger partial charge in [-0.25, -0.2) is 0 Å². The summed E-state index contributed by atoms with van der Waals surface area (Å²) < 4.78 is 10.7. The van der Waals surface area contributed by atoms with Gasteiger partial charge >= 0.3 is 0 Å². The van der Waals surface area contributed by atoms with Gasteiger partial charge in [0.1, 0.15) is 0 Å². The zero-order chi connectivity index (χ0) is 12.3. The normalized spacial score (nSPS) is 27.6. The molecule has 1 heterocycles. The lowest BCUT2D eigenvalue weighted by Crippen LogP contribution is -2.13. The number of hydrogen-bond acceptors (Lipinski definition) is 3. The Morgan fingerprint density at radius 3 is 2.35 bits per heavy atom. The quantitative estimate of drug-likeness (QED) is 0.743. The summed E-state index contributed by atoms with van der Waals surface area (Å²) in [6, 6.07) is 6.45. The van der Waals surface area contributed by atoms with Crippen molar-refractivity contribution in [2.24, 2.45) is 5.41 Å². The average Bonchev–Trinajstić information content (AvgIpc) is 2.64. The molecule has 3 rings (SSSR count). The molecule has 0 amide bonds. The molecule has 88 valence electrons. The predicted molar refractivity (Wildman–Crippen MR) is 63.0 cm³/mol. The minimum atomic E-state index is -0.349. The number of rotatable bonds is 1. The maximum absolute atomic E-state index is 9.50. The Kier molecular flexibility index (Phi) is 1.82.